The van der Waals surface area contributed by atoms with E-state index in [1.165, 1.54) is 6.92 Å². The minimum atomic E-state index is -0.327. The van der Waals surface area contributed by atoms with Gasteiger partial charge in [-0.15, -0.1) is 12.4 Å². The van der Waals surface area contributed by atoms with Crippen LogP contribution in [0.4, 0.5) is 0 Å². The van der Waals surface area contributed by atoms with Gasteiger partial charge in [-0.25, -0.2) is 4.98 Å². The van der Waals surface area contributed by atoms with Crippen molar-refractivity contribution in [2.75, 3.05) is 0 Å². The van der Waals surface area contributed by atoms with E-state index in [-0.39, 0.29) is 24.5 Å². The van der Waals surface area contributed by atoms with Crippen molar-refractivity contribution in [3.05, 3.63) is 78.9 Å². The first-order valence-electron chi connectivity index (χ1n) is 7.51. The zero-order valence-electron chi connectivity index (χ0n) is 13.3. The topological polar surface area (TPSA) is 44.1 Å². The van der Waals surface area contributed by atoms with Crippen molar-refractivity contribution in [2.45, 2.75) is 19.6 Å². The Labute approximate surface area is 147 Å². The van der Waals surface area contributed by atoms with E-state index in [2.05, 4.69) is 29.2 Å². The molecule has 4 nitrogen and oxygen atoms in total. The summed E-state index contributed by atoms with van der Waals surface area (Å²) in [4.78, 5) is 15.4. The quantitative estimate of drug-likeness (QED) is 0.650. The van der Waals surface area contributed by atoms with Crippen LogP contribution >= 0.6 is 12.4 Å². The van der Waals surface area contributed by atoms with Crippen LogP contribution in [0.5, 0.6) is 0 Å². The highest BCUT2D eigenvalue weighted by atomic mass is 35.5. The minimum Gasteiger partial charge on any atom is -0.456 e. The van der Waals surface area contributed by atoms with Gasteiger partial charge in [0.25, 0.3) is 0 Å². The third-order valence-corrected chi connectivity index (χ3v) is 3.63. The van der Waals surface area contributed by atoms with Crippen molar-refractivity contribution in [1.29, 1.82) is 0 Å². The number of carbonyl (C=O) groups excluding carboxylic acids is 1. The Kier molecular flexibility index (Phi) is 6.15. The van der Waals surface area contributed by atoms with Crippen LogP contribution in [0, 0.1) is 0 Å². The first-order valence-corrected chi connectivity index (χ1v) is 7.51. The Hall–Kier alpha value is -2.59. The van der Waals surface area contributed by atoms with Crippen LogP contribution in [-0.2, 0) is 16.1 Å². The van der Waals surface area contributed by atoms with Gasteiger partial charge in [0, 0.05) is 19.3 Å². The summed E-state index contributed by atoms with van der Waals surface area (Å²) in [5.74, 6) is -0.290. The lowest BCUT2D eigenvalue weighted by Crippen LogP contribution is -2.14. The molecule has 2 aromatic carbocycles. The van der Waals surface area contributed by atoms with Gasteiger partial charge in [-0.2, -0.15) is 0 Å². The molecule has 124 valence electrons. The number of ether oxygens (including phenoxy) is 1. The molecule has 0 spiro atoms. The molecule has 0 amide bonds. The smallest absolute Gasteiger partial charge is 0.303 e. The van der Waals surface area contributed by atoms with Crippen LogP contribution in [0.15, 0.2) is 73.3 Å². The summed E-state index contributed by atoms with van der Waals surface area (Å²) in [5.41, 5.74) is 3.27. The number of nitrogens with zero attached hydrogens (tertiary/aromatic N) is 2. The van der Waals surface area contributed by atoms with E-state index in [9.17, 15) is 4.79 Å². The van der Waals surface area contributed by atoms with E-state index in [0.717, 1.165) is 16.7 Å². The molecule has 0 saturated heterocycles. The number of rotatable bonds is 5. The standard InChI is InChI=1S/C19H18N2O2.ClH/c1-15(22)23-19(13-21-12-11-20-14-21)18-9-7-17(8-10-18)16-5-3-2-4-6-16;/h2-12,14,19H,13H2,1H3;1H. The molecule has 0 aliphatic heterocycles. The third-order valence-electron chi connectivity index (χ3n) is 3.63. The molecule has 24 heavy (non-hydrogen) atoms. The number of hydrogen-bond donors (Lipinski definition) is 0. The van der Waals surface area contributed by atoms with Crippen molar-refractivity contribution in [2.24, 2.45) is 0 Å². The van der Waals surface area contributed by atoms with Gasteiger partial charge >= 0.3 is 5.97 Å². The maximum Gasteiger partial charge on any atom is 0.303 e. The molecule has 1 heterocycles. The predicted octanol–water partition coefficient (Wildman–Crippen LogP) is 4.28. The molecule has 5 heteroatoms. The lowest BCUT2D eigenvalue weighted by Gasteiger charge is -2.18. The Morgan fingerprint density at radius 3 is 2.33 bits per heavy atom. The molecule has 1 atom stereocenters. The average molecular weight is 343 g/mol. The normalized spacial score (nSPS) is 11.4. The maximum atomic E-state index is 11.4. The van der Waals surface area contributed by atoms with E-state index in [0.29, 0.717) is 6.54 Å². The Bertz CT molecular complexity index is 756. The van der Waals surface area contributed by atoms with E-state index in [1.54, 1.807) is 12.5 Å². The third kappa shape index (κ3) is 4.46. The fourth-order valence-corrected chi connectivity index (χ4v) is 2.52. The number of imidazole rings is 1. The molecule has 0 saturated carbocycles. The van der Waals surface area contributed by atoms with Crippen LogP contribution in [0.3, 0.4) is 0 Å². The summed E-state index contributed by atoms with van der Waals surface area (Å²) < 4.78 is 7.37. The monoisotopic (exact) mass is 342 g/mol. The average Bonchev–Trinajstić information content (AvgIpc) is 3.08. The summed E-state index contributed by atoms with van der Waals surface area (Å²) in [6, 6.07) is 18.3. The fraction of sp³-hybridized carbons (Fsp3) is 0.158. The lowest BCUT2D eigenvalue weighted by atomic mass is 10.0. The molecule has 0 fully saturated rings. The Balaban J connectivity index is 0.00000208. The van der Waals surface area contributed by atoms with Crippen LogP contribution in [-0.4, -0.2) is 15.5 Å². The molecule has 0 bridgehead atoms. The van der Waals surface area contributed by atoms with Crippen molar-refractivity contribution in [3.63, 3.8) is 0 Å². The molecule has 0 radical (unpaired) electrons. The van der Waals surface area contributed by atoms with Gasteiger partial charge < -0.3 is 9.30 Å². The predicted molar refractivity (Wildman–Crippen MR) is 95.9 cm³/mol. The molecule has 0 aliphatic rings. The summed E-state index contributed by atoms with van der Waals surface area (Å²) in [6.07, 6.45) is 4.96. The Morgan fingerprint density at radius 2 is 1.75 bits per heavy atom. The van der Waals surface area contributed by atoms with Crippen LogP contribution in [0.25, 0.3) is 11.1 Å². The first kappa shape index (κ1) is 17.8. The molecule has 0 N–H and O–H groups in total. The van der Waals surface area contributed by atoms with E-state index >= 15 is 0 Å². The summed E-state index contributed by atoms with van der Waals surface area (Å²) >= 11 is 0. The van der Waals surface area contributed by atoms with Gasteiger partial charge in [0.05, 0.1) is 12.9 Å². The summed E-state index contributed by atoms with van der Waals surface area (Å²) in [6.45, 7) is 1.98. The number of halogens is 1. The summed E-state index contributed by atoms with van der Waals surface area (Å²) in [7, 11) is 0. The zero-order chi connectivity index (χ0) is 16.1. The Morgan fingerprint density at radius 1 is 1.08 bits per heavy atom. The van der Waals surface area contributed by atoms with Gasteiger partial charge in [-0.05, 0) is 16.7 Å². The molecule has 1 aromatic heterocycles. The molecule has 0 aliphatic carbocycles. The van der Waals surface area contributed by atoms with E-state index in [4.69, 9.17) is 4.74 Å². The highest BCUT2D eigenvalue weighted by molar-refractivity contribution is 5.85. The van der Waals surface area contributed by atoms with Crippen molar-refractivity contribution < 1.29 is 9.53 Å². The minimum absolute atomic E-state index is 0. The molecular weight excluding hydrogens is 324 g/mol. The van der Waals surface area contributed by atoms with Crippen molar-refractivity contribution in [1.82, 2.24) is 9.55 Å². The molecule has 3 aromatic rings. The SMILES string of the molecule is CC(=O)OC(Cn1ccnc1)c1ccc(-c2ccccc2)cc1.Cl. The van der Waals surface area contributed by atoms with Gasteiger partial charge in [0.2, 0.25) is 0 Å². The number of benzene rings is 2. The van der Waals surface area contributed by atoms with Crippen LogP contribution in [0.1, 0.15) is 18.6 Å². The molecule has 3 rings (SSSR count). The highest BCUT2D eigenvalue weighted by Gasteiger charge is 2.15. The second kappa shape index (κ2) is 8.31. The fourth-order valence-electron chi connectivity index (χ4n) is 2.52. The van der Waals surface area contributed by atoms with Crippen molar-refractivity contribution >= 4 is 18.4 Å². The second-order valence-corrected chi connectivity index (χ2v) is 5.35. The maximum absolute atomic E-state index is 11.4. The van der Waals surface area contributed by atoms with Gasteiger partial charge in [0.1, 0.15) is 6.10 Å². The first-order chi connectivity index (χ1) is 11.2. The van der Waals surface area contributed by atoms with Crippen molar-refractivity contribution in [3.8, 4) is 11.1 Å². The zero-order valence-corrected chi connectivity index (χ0v) is 14.1. The summed E-state index contributed by atoms with van der Waals surface area (Å²) in [5, 5.41) is 0. The van der Waals surface area contributed by atoms with Gasteiger partial charge in [-0.1, -0.05) is 54.6 Å². The van der Waals surface area contributed by atoms with E-state index < -0.39 is 0 Å². The molecule has 1 unspecified atom stereocenters. The number of hydrogen-bond acceptors (Lipinski definition) is 3. The van der Waals surface area contributed by atoms with Crippen LogP contribution < -0.4 is 0 Å². The molecular formula is C19H19ClN2O2. The van der Waals surface area contributed by atoms with Gasteiger partial charge in [0.15, 0.2) is 0 Å². The second-order valence-electron chi connectivity index (χ2n) is 5.35. The highest BCUT2D eigenvalue weighted by Crippen LogP contribution is 2.24. The van der Waals surface area contributed by atoms with E-state index in [1.807, 2.05) is 41.1 Å². The number of carbonyl (C=O) groups is 1. The number of esters is 1. The van der Waals surface area contributed by atoms with Gasteiger partial charge in [-0.3, -0.25) is 4.79 Å². The van der Waals surface area contributed by atoms with Crippen LogP contribution in [0.2, 0.25) is 0 Å². The number of aromatic nitrogens is 2. The largest absolute Gasteiger partial charge is 0.456 e. The lowest BCUT2D eigenvalue weighted by molar-refractivity contribution is -0.147.